The van der Waals surface area contributed by atoms with E-state index >= 15 is 0 Å². The molecule has 4 nitrogen and oxygen atoms in total. The largest absolute Gasteiger partial charge is 0.497 e. The third-order valence-corrected chi connectivity index (χ3v) is 3.01. The van der Waals surface area contributed by atoms with E-state index in [0.29, 0.717) is 19.0 Å². The number of anilines is 1. The summed E-state index contributed by atoms with van der Waals surface area (Å²) >= 11 is 0. The monoisotopic (exact) mass is 306 g/mol. The van der Waals surface area contributed by atoms with Crippen molar-refractivity contribution >= 4 is 11.7 Å². The zero-order chi connectivity index (χ0) is 15.9. The molecule has 0 saturated heterocycles. The lowest BCUT2D eigenvalue weighted by molar-refractivity contribution is 0.252. The molecular formula is C16H16F2N2O2. The number of ether oxygens (including phenoxy) is 1. The number of amides is 2. The minimum absolute atomic E-state index is 0.0692. The lowest BCUT2D eigenvalue weighted by Crippen LogP contribution is -2.30. The highest BCUT2D eigenvalue weighted by atomic mass is 19.1. The van der Waals surface area contributed by atoms with Gasteiger partial charge < -0.3 is 15.4 Å². The first kappa shape index (κ1) is 15.8. The highest BCUT2D eigenvalue weighted by Crippen LogP contribution is 2.15. The van der Waals surface area contributed by atoms with E-state index in [-0.39, 0.29) is 5.69 Å². The van der Waals surface area contributed by atoms with Gasteiger partial charge in [-0.05, 0) is 36.2 Å². The van der Waals surface area contributed by atoms with Crippen LogP contribution in [0.5, 0.6) is 5.75 Å². The minimum Gasteiger partial charge on any atom is -0.497 e. The molecule has 2 aromatic rings. The van der Waals surface area contributed by atoms with Crippen LogP contribution < -0.4 is 15.4 Å². The van der Waals surface area contributed by atoms with Crippen LogP contribution in [0, 0.1) is 11.6 Å². The Bertz CT molecular complexity index is 662. The van der Waals surface area contributed by atoms with E-state index in [1.807, 2.05) is 24.3 Å². The number of hydrogen-bond acceptors (Lipinski definition) is 2. The molecule has 2 rings (SSSR count). The van der Waals surface area contributed by atoms with Crippen LogP contribution in [0.3, 0.4) is 0 Å². The van der Waals surface area contributed by atoms with Crippen molar-refractivity contribution in [2.24, 2.45) is 0 Å². The number of carbonyl (C=O) groups excluding carboxylic acids is 1. The summed E-state index contributed by atoms with van der Waals surface area (Å²) < 4.78 is 31.3. The van der Waals surface area contributed by atoms with Gasteiger partial charge >= 0.3 is 6.03 Å². The van der Waals surface area contributed by atoms with Crippen LogP contribution in [0.1, 0.15) is 5.56 Å². The van der Waals surface area contributed by atoms with Crippen molar-refractivity contribution in [1.29, 1.82) is 0 Å². The quantitative estimate of drug-likeness (QED) is 0.890. The maximum Gasteiger partial charge on any atom is 0.319 e. The van der Waals surface area contributed by atoms with Crippen molar-refractivity contribution in [3.8, 4) is 5.75 Å². The van der Waals surface area contributed by atoms with Crippen LogP contribution in [0.2, 0.25) is 0 Å². The number of urea groups is 1. The second kappa shape index (κ2) is 7.40. The Kier molecular flexibility index (Phi) is 5.30. The molecule has 22 heavy (non-hydrogen) atoms. The fraction of sp³-hybridized carbons (Fsp3) is 0.188. The van der Waals surface area contributed by atoms with Crippen LogP contribution in [-0.2, 0) is 6.42 Å². The molecule has 0 heterocycles. The summed E-state index contributed by atoms with van der Waals surface area (Å²) in [5.41, 5.74) is 0.938. The zero-order valence-corrected chi connectivity index (χ0v) is 12.0. The van der Waals surface area contributed by atoms with Crippen molar-refractivity contribution in [2.45, 2.75) is 6.42 Å². The highest BCUT2D eigenvalue weighted by molar-refractivity contribution is 5.89. The van der Waals surface area contributed by atoms with Gasteiger partial charge in [0.05, 0.1) is 12.8 Å². The van der Waals surface area contributed by atoms with Gasteiger partial charge in [0.1, 0.15) is 17.4 Å². The van der Waals surface area contributed by atoms with Gasteiger partial charge in [-0.3, -0.25) is 0 Å². The molecule has 2 N–H and O–H groups in total. The van der Waals surface area contributed by atoms with E-state index in [0.717, 1.165) is 17.4 Å². The van der Waals surface area contributed by atoms with Crippen molar-refractivity contribution in [3.05, 3.63) is 59.7 Å². The molecule has 0 saturated carbocycles. The second-order valence-corrected chi connectivity index (χ2v) is 4.61. The molecule has 116 valence electrons. The van der Waals surface area contributed by atoms with E-state index in [1.165, 1.54) is 6.07 Å². The Morgan fingerprint density at radius 1 is 1.18 bits per heavy atom. The first-order valence-corrected chi connectivity index (χ1v) is 6.71. The minimum atomic E-state index is -0.817. The average Bonchev–Trinajstić information content (AvgIpc) is 2.50. The van der Waals surface area contributed by atoms with Crippen LogP contribution in [0.4, 0.5) is 19.3 Å². The number of carbonyl (C=O) groups is 1. The number of halogens is 2. The molecular weight excluding hydrogens is 290 g/mol. The smallest absolute Gasteiger partial charge is 0.319 e. The molecule has 0 aliphatic heterocycles. The van der Waals surface area contributed by atoms with Crippen LogP contribution in [0.15, 0.2) is 42.5 Å². The maximum atomic E-state index is 13.4. The Morgan fingerprint density at radius 2 is 2.00 bits per heavy atom. The predicted octanol–water partition coefficient (Wildman–Crippen LogP) is 3.34. The van der Waals surface area contributed by atoms with E-state index < -0.39 is 17.7 Å². The molecule has 0 atom stereocenters. The molecule has 0 spiro atoms. The van der Waals surface area contributed by atoms with Crippen molar-refractivity contribution in [3.63, 3.8) is 0 Å². The third-order valence-electron chi connectivity index (χ3n) is 3.01. The lowest BCUT2D eigenvalue weighted by Gasteiger charge is -2.09. The molecule has 2 aromatic carbocycles. The van der Waals surface area contributed by atoms with Gasteiger partial charge in [-0.1, -0.05) is 12.1 Å². The summed E-state index contributed by atoms with van der Waals surface area (Å²) in [7, 11) is 1.59. The summed E-state index contributed by atoms with van der Waals surface area (Å²) in [6.45, 7) is 0.377. The molecule has 2 amide bonds. The summed E-state index contributed by atoms with van der Waals surface area (Å²) in [4.78, 5) is 11.7. The number of benzene rings is 2. The molecule has 0 radical (unpaired) electrons. The molecule has 0 fully saturated rings. The van der Waals surface area contributed by atoms with Gasteiger partial charge in [0.15, 0.2) is 0 Å². The summed E-state index contributed by atoms with van der Waals surface area (Å²) in [5, 5.41) is 4.94. The van der Waals surface area contributed by atoms with Crippen LogP contribution in [-0.4, -0.2) is 19.7 Å². The van der Waals surface area contributed by atoms with Gasteiger partial charge in [-0.2, -0.15) is 0 Å². The normalized spacial score (nSPS) is 10.1. The Labute approximate surface area is 127 Å². The van der Waals surface area contributed by atoms with E-state index in [9.17, 15) is 13.6 Å². The first-order valence-electron chi connectivity index (χ1n) is 6.71. The van der Waals surface area contributed by atoms with Gasteiger partial charge in [-0.25, -0.2) is 13.6 Å². The lowest BCUT2D eigenvalue weighted by atomic mass is 10.1. The summed E-state index contributed by atoms with van der Waals surface area (Å²) in [5.74, 6) is -0.764. The number of methoxy groups -OCH3 is 1. The number of nitrogens with one attached hydrogen (secondary N) is 2. The van der Waals surface area contributed by atoms with Crippen molar-refractivity contribution < 1.29 is 18.3 Å². The van der Waals surface area contributed by atoms with Crippen molar-refractivity contribution in [1.82, 2.24) is 5.32 Å². The van der Waals surface area contributed by atoms with Crippen LogP contribution in [0.25, 0.3) is 0 Å². The summed E-state index contributed by atoms with van der Waals surface area (Å²) in [6, 6.07) is 9.91. The Hall–Kier alpha value is -2.63. The van der Waals surface area contributed by atoms with Gasteiger partial charge in [0.25, 0.3) is 0 Å². The van der Waals surface area contributed by atoms with Gasteiger partial charge in [-0.15, -0.1) is 0 Å². The van der Waals surface area contributed by atoms with Gasteiger partial charge in [0, 0.05) is 12.6 Å². The van der Waals surface area contributed by atoms with Gasteiger partial charge in [0.2, 0.25) is 0 Å². The molecule has 0 bridgehead atoms. The molecule has 0 unspecified atom stereocenters. The van der Waals surface area contributed by atoms with E-state index in [2.05, 4.69) is 10.6 Å². The summed E-state index contributed by atoms with van der Waals surface area (Å²) in [6.07, 6.45) is 0.608. The third kappa shape index (κ3) is 4.44. The Balaban J connectivity index is 1.82. The maximum absolute atomic E-state index is 13.4. The highest BCUT2D eigenvalue weighted by Gasteiger charge is 2.07. The first-order chi connectivity index (χ1) is 10.6. The van der Waals surface area contributed by atoms with Crippen molar-refractivity contribution in [2.75, 3.05) is 19.0 Å². The Morgan fingerprint density at radius 3 is 2.73 bits per heavy atom. The molecule has 0 aromatic heterocycles. The molecule has 6 heteroatoms. The predicted molar refractivity (Wildman–Crippen MR) is 80.1 cm³/mol. The standard InChI is InChI=1S/C16H16F2N2O2/c1-22-13-4-2-3-11(9-13)7-8-19-16(21)20-15-6-5-12(17)10-14(15)18/h2-6,9-10H,7-8H2,1H3,(H2,19,20,21). The zero-order valence-electron chi connectivity index (χ0n) is 12.0. The molecule has 0 aliphatic carbocycles. The number of rotatable bonds is 5. The SMILES string of the molecule is COc1cccc(CCNC(=O)Nc2ccc(F)cc2F)c1. The van der Waals surface area contributed by atoms with E-state index in [1.54, 1.807) is 7.11 Å². The topological polar surface area (TPSA) is 50.4 Å². The second-order valence-electron chi connectivity index (χ2n) is 4.61. The number of hydrogen-bond donors (Lipinski definition) is 2. The van der Waals surface area contributed by atoms with Crippen LogP contribution >= 0.6 is 0 Å². The fourth-order valence-electron chi connectivity index (χ4n) is 1.91. The average molecular weight is 306 g/mol. The molecule has 0 aliphatic rings. The van der Waals surface area contributed by atoms with E-state index in [4.69, 9.17) is 4.74 Å². The fourth-order valence-corrected chi connectivity index (χ4v) is 1.91.